The van der Waals surface area contributed by atoms with Crippen molar-refractivity contribution >= 4 is 17.6 Å². The Bertz CT molecular complexity index is 887. The lowest BCUT2D eigenvalue weighted by Crippen LogP contribution is -2.52. The average molecular weight is 378 g/mol. The Morgan fingerprint density at radius 3 is 2.57 bits per heavy atom. The fraction of sp³-hybridized carbons (Fsp3) is 0.391. The predicted octanol–water partition coefficient (Wildman–Crippen LogP) is 3.83. The third-order valence-electron chi connectivity index (χ3n) is 5.27. The fourth-order valence-electron chi connectivity index (χ4n) is 3.94. The summed E-state index contributed by atoms with van der Waals surface area (Å²) < 4.78 is 5.47. The standard InChI is InChI=1S/C23H26N2O3/c1-23(2,3)28-22(27)25-13-7-10-19(25)21(26)24-20-16-11-12-17(18(20)14-16)15-8-5-4-6-9-15/h4-6,8-9,11-12,14,19-20H,7,10,13H2,1-3H3,(H,24,26). The van der Waals surface area contributed by atoms with Crippen LogP contribution in [-0.4, -0.2) is 41.1 Å². The van der Waals surface area contributed by atoms with Crippen LogP contribution in [0.25, 0.3) is 5.57 Å². The number of carbonyl (C=O) groups excluding carboxylic acids is 2. The molecule has 0 saturated carbocycles. The van der Waals surface area contributed by atoms with Gasteiger partial charge in [0.25, 0.3) is 0 Å². The molecule has 0 spiro atoms. The number of ether oxygens (including phenoxy) is 1. The number of fused-ring (bicyclic) bond motifs is 2. The highest BCUT2D eigenvalue weighted by Gasteiger charge is 2.40. The average Bonchev–Trinajstić information content (AvgIpc) is 3.15. The molecule has 3 aliphatic rings. The third-order valence-corrected chi connectivity index (χ3v) is 5.27. The molecule has 0 aromatic heterocycles. The molecule has 1 fully saturated rings. The highest BCUT2D eigenvalue weighted by molar-refractivity contribution is 5.93. The van der Waals surface area contributed by atoms with E-state index in [1.807, 2.05) is 39.0 Å². The smallest absolute Gasteiger partial charge is 0.410 e. The molecule has 4 rings (SSSR count). The summed E-state index contributed by atoms with van der Waals surface area (Å²) >= 11 is 0. The minimum absolute atomic E-state index is 0.103. The van der Waals surface area contributed by atoms with Crippen LogP contribution in [0.15, 0.2) is 59.7 Å². The van der Waals surface area contributed by atoms with Gasteiger partial charge in [0.15, 0.2) is 0 Å². The van der Waals surface area contributed by atoms with Crippen molar-refractivity contribution in [2.75, 3.05) is 6.54 Å². The first-order valence-corrected chi connectivity index (χ1v) is 9.83. The van der Waals surface area contributed by atoms with E-state index in [1.165, 1.54) is 0 Å². The molecule has 1 heterocycles. The molecule has 2 bridgehead atoms. The van der Waals surface area contributed by atoms with Crippen LogP contribution < -0.4 is 5.32 Å². The summed E-state index contributed by atoms with van der Waals surface area (Å²) in [6.45, 7) is 6.06. The lowest BCUT2D eigenvalue weighted by molar-refractivity contribution is -0.125. The Labute approximate surface area is 165 Å². The zero-order valence-corrected chi connectivity index (χ0v) is 16.6. The van der Waals surface area contributed by atoms with E-state index in [9.17, 15) is 9.59 Å². The first-order valence-electron chi connectivity index (χ1n) is 9.83. The number of likely N-dealkylation sites (tertiary alicyclic amines) is 1. The van der Waals surface area contributed by atoms with Crippen molar-refractivity contribution in [3.63, 3.8) is 0 Å². The Morgan fingerprint density at radius 1 is 1.14 bits per heavy atom. The molecular weight excluding hydrogens is 352 g/mol. The maximum atomic E-state index is 13.0. The van der Waals surface area contributed by atoms with Crippen molar-refractivity contribution in [2.24, 2.45) is 0 Å². The van der Waals surface area contributed by atoms with Crippen molar-refractivity contribution in [3.05, 3.63) is 65.3 Å². The molecule has 0 radical (unpaired) electrons. The molecule has 2 amide bonds. The number of rotatable bonds is 3. The minimum Gasteiger partial charge on any atom is -0.444 e. The van der Waals surface area contributed by atoms with Crippen LogP contribution in [0, 0.1) is 0 Å². The van der Waals surface area contributed by atoms with Gasteiger partial charge >= 0.3 is 6.09 Å². The van der Waals surface area contributed by atoms with E-state index in [-0.39, 0.29) is 11.9 Å². The third kappa shape index (κ3) is 3.49. The first kappa shape index (κ1) is 18.5. The molecule has 1 aromatic rings. The predicted molar refractivity (Wildman–Crippen MR) is 108 cm³/mol. The van der Waals surface area contributed by atoms with E-state index < -0.39 is 17.7 Å². The molecule has 2 unspecified atom stereocenters. The zero-order chi connectivity index (χ0) is 19.9. The monoisotopic (exact) mass is 378 g/mol. The largest absolute Gasteiger partial charge is 0.444 e. The Hall–Kier alpha value is -2.82. The molecule has 1 N–H and O–H groups in total. The van der Waals surface area contributed by atoms with Crippen LogP contribution in [0.4, 0.5) is 4.79 Å². The molecule has 5 nitrogen and oxygen atoms in total. The van der Waals surface area contributed by atoms with Crippen LogP contribution in [0.3, 0.4) is 0 Å². The van der Waals surface area contributed by atoms with Gasteiger partial charge in [-0.1, -0.05) is 48.6 Å². The summed E-state index contributed by atoms with van der Waals surface area (Å²) in [6.07, 6.45) is 7.33. The van der Waals surface area contributed by atoms with Crippen LogP contribution >= 0.6 is 0 Å². The topological polar surface area (TPSA) is 58.6 Å². The van der Waals surface area contributed by atoms with E-state index >= 15 is 0 Å². The molecular formula is C23H26N2O3. The molecule has 1 aromatic carbocycles. The van der Waals surface area contributed by atoms with Gasteiger partial charge in [-0.05, 0) is 55.9 Å². The lowest BCUT2D eigenvalue weighted by Gasteiger charge is -2.37. The lowest BCUT2D eigenvalue weighted by atomic mass is 9.75. The number of hydrogen-bond donors (Lipinski definition) is 1. The van der Waals surface area contributed by atoms with Gasteiger partial charge in [-0.3, -0.25) is 9.69 Å². The van der Waals surface area contributed by atoms with Gasteiger partial charge in [-0.25, -0.2) is 4.79 Å². The van der Waals surface area contributed by atoms with Crippen LogP contribution in [0.2, 0.25) is 0 Å². The summed E-state index contributed by atoms with van der Waals surface area (Å²) in [5.41, 5.74) is 3.93. The van der Waals surface area contributed by atoms with E-state index in [4.69, 9.17) is 4.74 Å². The van der Waals surface area contributed by atoms with E-state index in [0.29, 0.717) is 13.0 Å². The Kier molecular flexibility index (Phi) is 4.61. The second-order valence-electron chi connectivity index (χ2n) is 8.49. The molecule has 1 saturated heterocycles. The van der Waals surface area contributed by atoms with Gasteiger partial charge in [0.1, 0.15) is 11.6 Å². The number of hydrogen-bond acceptors (Lipinski definition) is 3. The van der Waals surface area contributed by atoms with Gasteiger partial charge in [-0.2, -0.15) is 0 Å². The zero-order valence-electron chi connectivity index (χ0n) is 16.6. The first-order chi connectivity index (χ1) is 13.3. The van der Waals surface area contributed by atoms with Gasteiger partial charge in [0, 0.05) is 6.54 Å². The van der Waals surface area contributed by atoms with Crippen LogP contribution in [0.5, 0.6) is 0 Å². The SMILES string of the molecule is CC(C)(C)OC(=O)N1CCCC1C(=O)NC1c2ccc(-c3ccccc3)c1c2. The molecule has 2 aliphatic carbocycles. The fourth-order valence-corrected chi connectivity index (χ4v) is 3.94. The van der Waals surface area contributed by atoms with Crippen molar-refractivity contribution in [3.8, 4) is 0 Å². The summed E-state index contributed by atoms with van der Waals surface area (Å²) in [5, 5.41) is 3.14. The van der Waals surface area contributed by atoms with Crippen molar-refractivity contribution in [1.82, 2.24) is 10.2 Å². The number of nitrogens with zero attached hydrogens (tertiary/aromatic N) is 1. The summed E-state index contributed by atoms with van der Waals surface area (Å²) in [4.78, 5) is 27.0. The minimum atomic E-state index is -0.573. The van der Waals surface area contributed by atoms with Crippen LogP contribution in [-0.2, 0) is 9.53 Å². The van der Waals surface area contributed by atoms with Crippen LogP contribution in [0.1, 0.15) is 39.2 Å². The maximum absolute atomic E-state index is 13.0. The van der Waals surface area contributed by atoms with Gasteiger partial charge in [0.05, 0.1) is 6.04 Å². The maximum Gasteiger partial charge on any atom is 0.410 e. The second-order valence-corrected chi connectivity index (χ2v) is 8.49. The van der Waals surface area contributed by atoms with Gasteiger partial charge in [0.2, 0.25) is 5.91 Å². The van der Waals surface area contributed by atoms with E-state index in [1.54, 1.807) is 4.90 Å². The molecule has 146 valence electrons. The van der Waals surface area contributed by atoms with Crippen molar-refractivity contribution < 1.29 is 14.3 Å². The number of nitrogens with one attached hydrogen (secondary N) is 1. The van der Waals surface area contributed by atoms with Gasteiger partial charge < -0.3 is 10.1 Å². The van der Waals surface area contributed by atoms with Crippen molar-refractivity contribution in [2.45, 2.75) is 51.3 Å². The molecule has 28 heavy (non-hydrogen) atoms. The second kappa shape index (κ2) is 6.97. The number of allylic oxidation sites excluding steroid dienone is 2. The molecule has 2 atom stereocenters. The number of amides is 2. The van der Waals surface area contributed by atoms with E-state index in [0.717, 1.165) is 28.7 Å². The Morgan fingerprint density at radius 2 is 1.89 bits per heavy atom. The Balaban J connectivity index is 1.44. The van der Waals surface area contributed by atoms with Crippen molar-refractivity contribution in [1.29, 1.82) is 0 Å². The summed E-state index contributed by atoms with van der Waals surface area (Å²) in [7, 11) is 0. The number of benzene rings is 1. The van der Waals surface area contributed by atoms with E-state index in [2.05, 4.69) is 35.7 Å². The molecule has 1 aliphatic heterocycles. The highest BCUT2D eigenvalue weighted by Crippen LogP contribution is 2.41. The summed E-state index contributed by atoms with van der Waals surface area (Å²) in [5.74, 6) is -0.112. The number of carbonyl (C=O) groups is 2. The summed E-state index contributed by atoms with van der Waals surface area (Å²) in [6, 6.07) is 9.59. The quantitative estimate of drug-likeness (QED) is 0.870. The van der Waals surface area contributed by atoms with Gasteiger partial charge in [-0.15, -0.1) is 0 Å². The normalized spacial score (nSPS) is 23.2. The highest BCUT2D eigenvalue weighted by atomic mass is 16.6. The molecule has 5 heteroatoms.